The van der Waals surface area contributed by atoms with Crippen molar-refractivity contribution in [1.82, 2.24) is 25.5 Å². The van der Waals surface area contributed by atoms with Crippen molar-refractivity contribution in [2.24, 2.45) is 5.92 Å². The van der Waals surface area contributed by atoms with Crippen LogP contribution in [0.1, 0.15) is 52.5 Å². The van der Waals surface area contributed by atoms with E-state index in [4.69, 9.17) is 0 Å². The first-order valence-electron chi connectivity index (χ1n) is 7.59. The number of rotatable bonds is 6. The summed E-state index contributed by atoms with van der Waals surface area (Å²) in [5, 5.41) is 24.5. The number of amides is 1. The summed E-state index contributed by atoms with van der Waals surface area (Å²) in [6.07, 6.45) is 4.57. The van der Waals surface area contributed by atoms with Crippen molar-refractivity contribution >= 4 is 17.7 Å². The number of nitrogens with zero attached hydrogens (tertiary/aromatic N) is 5. The Balaban J connectivity index is 1.92. The molecule has 1 fully saturated rings. The monoisotopic (exact) mass is 322 g/mol. The minimum atomic E-state index is -0.852. The first kappa shape index (κ1) is 16.7. The third-order valence-electron chi connectivity index (χ3n) is 4.25. The number of nitrogens with one attached hydrogen (secondary N) is 1. The van der Waals surface area contributed by atoms with Crippen LogP contribution in [0.15, 0.2) is 5.16 Å². The van der Waals surface area contributed by atoms with Gasteiger partial charge in [-0.15, -0.1) is 5.10 Å². The molecule has 22 heavy (non-hydrogen) atoms. The van der Waals surface area contributed by atoms with Crippen molar-refractivity contribution in [2.75, 3.05) is 5.75 Å². The molecule has 0 aliphatic heterocycles. The zero-order valence-corrected chi connectivity index (χ0v) is 14.1. The summed E-state index contributed by atoms with van der Waals surface area (Å²) in [5.74, 6) is 0.0656. The van der Waals surface area contributed by atoms with Crippen LogP contribution in [0, 0.1) is 17.2 Å². The molecule has 7 nitrogen and oxygen atoms in total. The molecule has 2 rings (SSSR count). The van der Waals surface area contributed by atoms with E-state index in [1.54, 1.807) is 6.92 Å². The van der Waals surface area contributed by atoms with Crippen LogP contribution in [0.25, 0.3) is 0 Å². The highest BCUT2D eigenvalue weighted by Gasteiger charge is 2.30. The van der Waals surface area contributed by atoms with Crippen molar-refractivity contribution in [3.63, 3.8) is 0 Å². The zero-order valence-electron chi connectivity index (χ0n) is 13.2. The molecule has 1 heterocycles. The van der Waals surface area contributed by atoms with Gasteiger partial charge in [0.25, 0.3) is 0 Å². The number of hydrogen-bond acceptors (Lipinski definition) is 6. The number of carbonyl (C=O) groups is 1. The molecule has 1 saturated carbocycles. The van der Waals surface area contributed by atoms with E-state index in [1.165, 1.54) is 24.6 Å². The van der Waals surface area contributed by atoms with Gasteiger partial charge in [-0.25, -0.2) is 4.68 Å². The second-order valence-corrected chi connectivity index (χ2v) is 7.09. The van der Waals surface area contributed by atoms with Gasteiger partial charge in [0.15, 0.2) is 0 Å². The van der Waals surface area contributed by atoms with Crippen LogP contribution in [-0.2, 0) is 4.79 Å². The summed E-state index contributed by atoms with van der Waals surface area (Å²) in [7, 11) is 0. The van der Waals surface area contributed by atoms with Gasteiger partial charge < -0.3 is 5.32 Å². The molecule has 1 unspecified atom stereocenters. The lowest BCUT2D eigenvalue weighted by Gasteiger charge is -2.27. The average molecular weight is 322 g/mol. The largest absolute Gasteiger partial charge is 0.337 e. The third kappa shape index (κ3) is 3.77. The maximum Gasteiger partial charge on any atom is 0.231 e. The van der Waals surface area contributed by atoms with E-state index >= 15 is 0 Å². The fourth-order valence-corrected chi connectivity index (χ4v) is 3.16. The van der Waals surface area contributed by atoms with Gasteiger partial charge in [0.1, 0.15) is 5.54 Å². The van der Waals surface area contributed by atoms with E-state index in [-0.39, 0.29) is 17.6 Å². The summed E-state index contributed by atoms with van der Waals surface area (Å²) >= 11 is 1.32. The molecule has 120 valence electrons. The van der Waals surface area contributed by atoms with Gasteiger partial charge in [-0.05, 0) is 36.1 Å². The van der Waals surface area contributed by atoms with Crippen molar-refractivity contribution in [1.29, 1.82) is 5.26 Å². The summed E-state index contributed by atoms with van der Waals surface area (Å²) in [6.45, 7) is 5.57. The average Bonchev–Trinajstić information content (AvgIpc) is 3.15. The van der Waals surface area contributed by atoms with E-state index in [0.29, 0.717) is 11.2 Å². The minimum absolute atomic E-state index is 0.0373. The van der Waals surface area contributed by atoms with Gasteiger partial charge in [-0.2, -0.15) is 5.26 Å². The van der Waals surface area contributed by atoms with E-state index in [1.807, 2.05) is 18.5 Å². The van der Waals surface area contributed by atoms with Crippen molar-refractivity contribution in [3.05, 3.63) is 0 Å². The lowest BCUT2D eigenvalue weighted by Crippen LogP contribution is -2.49. The molecule has 1 aliphatic rings. The summed E-state index contributed by atoms with van der Waals surface area (Å²) in [5.41, 5.74) is -0.852. The van der Waals surface area contributed by atoms with Gasteiger partial charge in [-0.3, -0.25) is 4.79 Å². The van der Waals surface area contributed by atoms with Crippen LogP contribution in [0.4, 0.5) is 0 Å². The normalized spacial score (nSPS) is 18.1. The molecular weight excluding hydrogens is 300 g/mol. The highest BCUT2D eigenvalue weighted by atomic mass is 32.2. The molecule has 1 amide bonds. The Labute approximate surface area is 134 Å². The number of nitriles is 1. The molecule has 0 radical (unpaired) electrons. The Hall–Kier alpha value is -1.62. The number of hydrogen-bond donors (Lipinski definition) is 1. The molecule has 0 aromatic carbocycles. The lowest BCUT2D eigenvalue weighted by atomic mass is 9.90. The first-order chi connectivity index (χ1) is 10.5. The van der Waals surface area contributed by atoms with Gasteiger partial charge in [-0.1, -0.05) is 38.5 Å². The fraction of sp³-hybridized carbons (Fsp3) is 0.786. The van der Waals surface area contributed by atoms with Crippen molar-refractivity contribution in [3.8, 4) is 6.07 Å². The molecule has 0 spiro atoms. The van der Waals surface area contributed by atoms with E-state index in [0.717, 1.165) is 12.8 Å². The van der Waals surface area contributed by atoms with E-state index in [2.05, 4.69) is 26.9 Å². The quantitative estimate of drug-likeness (QED) is 0.804. The molecule has 1 N–H and O–H groups in total. The molecule has 0 saturated heterocycles. The Morgan fingerprint density at radius 1 is 1.55 bits per heavy atom. The molecule has 0 bridgehead atoms. The van der Waals surface area contributed by atoms with Crippen LogP contribution >= 0.6 is 11.8 Å². The van der Waals surface area contributed by atoms with Crippen LogP contribution < -0.4 is 5.32 Å². The lowest BCUT2D eigenvalue weighted by molar-refractivity contribution is -0.120. The second kappa shape index (κ2) is 7.09. The van der Waals surface area contributed by atoms with Crippen LogP contribution in [-0.4, -0.2) is 37.4 Å². The molecule has 1 aromatic rings. The van der Waals surface area contributed by atoms with Crippen LogP contribution in [0.5, 0.6) is 0 Å². The number of thioether (sulfide) groups is 1. The van der Waals surface area contributed by atoms with E-state index < -0.39 is 5.54 Å². The Morgan fingerprint density at radius 3 is 2.82 bits per heavy atom. The number of aromatic nitrogens is 4. The predicted molar refractivity (Wildman–Crippen MR) is 83.0 cm³/mol. The van der Waals surface area contributed by atoms with E-state index in [9.17, 15) is 10.1 Å². The summed E-state index contributed by atoms with van der Waals surface area (Å²) in [6, 6.07) is 2.52. The van der Waals surface area contributed by atoms with Crippen molar-refractivity contribution in [2.45, 2.75) is 63.2 Å². The molecule has 1 aromatic heterocycles. The Kier molecular flexibility index (Phi) is 5.40. The molecule has 8 heteroatoms. The molecule has 1 aliphatic carbocycles. The first-order valence-corrected chi connectivity index (χ1v) is 8.57. The smallest absolute Gasteiger partial charge is 0.231 e. The van der Waals surface area contributed by atoms with Crippen molar-refractivity contribution < 1.29 is 4.79 Å². The predicted octanol–water partition coefficient (Wildman–Crippen LogP) is 1.93. The fourth-order valence-electron chi connectivity index (χ4n) is 2.42. The van der Waals surface area contributed by atoms with Crippen LogP contribution in [0.3, 0.4) is 0 Å². The SMILES string of the molecule is CC(C)C(C)(C#N)NC(=O)CSc1nnnn1C1CCCC1. The van der Waals surface area contributed by atoms with Gasteiger partial charge in [0.05, 0.1) is 17.9 Å². The maximum absolute atomic E-state index is 12.1. The highest BCUT2D eigenvalue weighted by Crippen LogP contribution is 2.31. The maximum atomic E-state index is 12.1. The van der Waals surface area contributed by atoms with Gasteiger partial charge in [0.2, 0.25) is 11.1 Å². The van der Waals surface area contributed by atoms with Gasteiger partial charge >= 0.3 is 0 Å². The summed E-state index contributed by atoms with van der Waals surface area (Å²) in [4.78, 5) is 12.1. The Morgan fingerprint density at radius 2 is 2.23 bits per heavy atom. The summed E-state index contributed by atoms with van der Waals surface area (Å²) < 4.78 is 1.83. The van der Waals surface area contributed by atoms with Gasteiger partial charge in [0, 0.05) is 0 Å². The highest BCUT2D eigenvalue weighted by molar-refractivity contribution is 7.99. The zero-order chi connectivity index (χ0) is 16.2. The molecular formula is C14H22N6OS. The van der Waals surface area contributed by atoms with Crippen LogP contribution in [0.2, 0.25) is 0 Å². The minimum Gasteiger partial charge on any atom is -0.337 e. The third-order valence-corrected chi connectivity index (χ3v) is 5.19. The standard InChI is InChI=1S/C14H22N6OS/c1-10(2)14(3,9-15)16-12(21)8-22-13-17-18-19-20(13)11-6-4-5-7-11/h10-11H,4-8H2,1-3H3,(H,16,21). The number of tetrazole rings is 1. The Bertz CT molecular complexity index is 560. The second-order valence-electron chi connectivity index (χ2n) is 6.15. The molecule has 1 atom stereocenters. The number of carbonyl (C=O) groups excluding carboxylic acids is 1. The topological polar surface area (TPSA) is 96.5 Å².